The van der Waals surface area contributed by atoms with Gasteiger partial charge in [-0.25, -0.2) is 4.98 Å². The molecule has 0 bridgehead atoms. The molecule has 2 aromatic carbocycles. The van der Waals surface area contributed by atoms with Crippen molar-refractivity contribution < 1.29 is 4.74 Å². The Morgan fingerprint density at radius 1 is 1.17 bits per heavy atom. The van der Waals surface area contributed by atoms with Crippen LogP contribution in [0.15, 0.2) is 54.7 Å². The number of pyridine rings is 1. The highest BCUT2D eigenvalue weighted by molar-refractivity contribution is 5.95. The van der Waals surface area contributed by atoms with Crippen LogP contribution in [-0.4, -0.2) is 22.3 Å². The average Bonchev–Trinajstić information content (AvgIpc) is 3.22. The zero-order chi connectivity index (χ0) is 20.5. The van der Waals surface area contributed by atoms with Crippen LogP contribution < -0.4 is 10.1 Å². The van der Waals surface area contributed by atoms with Crippen molar-refractivity contribution in [1.29, 1.82) is 5.26 Å². The maximum atomic E-state index is 9.19. The van der Waals surface area contributed by atoms with Crippen molar-refractivity contribution in [3.05, 3.63) is 71.4 Å². The van der Waals surface area contributed by atoms with E-state index < -0.39 is 0 Å². The lowest BCUT2D eigenvalue weighted by Gasteiger charge is -2.27. The van der Waals surface area contributed by atoms with Crippen molar-refractivity contribution in [3.8, 4) is 23.2 Å². The van der Waals surface area contributed by atoms with E-state index in [4.69, 9.17) is 4.74 Å². The Kier molecular flexibility index (Phi) is 4.56. The number of fused-ring (bicyclic) bond motifs is 2. The Morgan fingerprint density at radius 3 is 2.97 bits per heavy atom. The summed E-state index contributed by atoms with van der Waals surface area (Å²) in [5.41, 5.74) is 7.14. The SMILES string of the molecule is COc1cc(-c2n[nH]c3ccc(N[C@@H]4CCCc5cc(C#N)ccc54)cc23)ccn1. The first-order valence-corrected chi connectivity index (χ1v) is 10.0. The lowest BCUT2D eigenvalue weighted by Crippen LogP contribution is -2.17. The van der Waals surface area contributed by atoms with Crippen LogP contribution >= 0.6 is 0 Å². The number of methoxy groups -OCH3 is 1. The Labute approximate surface area is 174 Å². The zero-order valence-electron chi connectivity index (χ0n) is 16.6. The fourth-order valence-electron chi connectivity index (χ4n) is 4.23. The third-order valence-electron chi connectivity index (χ3n) is 5.71. The summed E-state index contributed by atoms with van der Waals surface area (Å²) < 4.78 is 5.26. The number of anilines is 1. The number of H-pyrrole nitrogens is 1. The lowest BCUT2D eigenvalue weighted by molar-refractivity contribution is 0.398. The fraction of sp³-hybridized carbons (Fsp3) is 0.208. The van der Waals surface area contributed by atoms with Gasteiger partial charge in [0.05, 0.1) is 30.3 Å². The van der Waals surface area contributed by atoms with E-state index in [1.807, 2.05) is 24.3 Å². The van der Waals surface area contributed by atoms with Crippen molar-refractivity contribution in [2.24, 2.45) is 0 Å². The third-order valence-corrected chi connectivity index (χ3v) is 5.71. The minimum Gasteiger partial charge on any atom is -0.481 e. The molecule has 1 aliphatic carbocycles. The first-order valence-electron chi connectivity index (χ1n) is 10.0. The van der Waals surface area contributed by atoms with Crippen LogP contribution in [0.1, 0.15) is 35.6 Å². The molecule has 2 aromatic heterocycles. The van der Waals surface area contributed by atoms with E-state index in [9.17, 15) is 5.26 Å². The molecule has 0 saturated heterocycles. The Morgan fingerprint density at radius 2 is 2.10 bits per heavy atom. The van der Waals surface area contributed by atoms with Gasteiger partial charge in [0.1, 0.15) is 5.69 Å². The lowest BCUT2D eigenvalue weighted by atomic mass is 9.86. The molecule has 4 aromatic rings. The molecule has 1 atom stereocenters. The molecule has 0 radical (unpaired) electrons. The van der Waals surface area contributed by atoms with Crippen LogP contribution in [-0.2, 0) is 6.42 Å². The molecule has 6 nitrogen and oxygen atoms in total. The number of aromatic nitrogens is 3. The number of hydrogen-bond donors (Lipinski definition) is 2. The van der Waals surface area contributed by atoms with E-state index in [2.05, 4.69) is 50.8 Å². The van der Waals surface area contributed by atoms with Gasteiger partial charge in [0.2, 0.25) is 5.88 Å². The second kappa shape index (κ2) is 7.53. The Bertz CT molecular complexity index is 1270. The number of nitriles is 1. The van der Waals surface area contributed by atoms with E-state index in [0.717, 1.165) is 52.7 Å². The normalized spacial score (nSPS) is 15.4. The molecule has 0 fully saturated rings. The highest BCUT2D eigenvalue weighted by Crippen LogP contribution is 2.35. The molecule has 0 aliphatic heterocycles. The Balaban J connectivity index is 1.49. The topological polar surface area (TPSA) is 86.6 Å². The van der Waals surface area contributed by atoms with Gasteiger partial charge in [0.25, 0.3) is 0 Å². The Hall–Kier alpha value is -3.85. The number of nitrogens with one attached hydrogen (secondary N) is 2. The van der Waals surface area contributed by atoms with Gasteiger partial charge in [-0.15, -0.1) is 0 Å². The van der Waals surface area contributed by atoms with Gasteiger partial charge in [-0.2, -0.15) is 10.4 Å². The number of ether oxygens (including phenoxy) is 1. The largest absolute Gasteiger partial charge is 0.481 e. The summed E-state index contributed by atoms with van der Waals surface area (Å²) >= 11 is 0. The van der Waals surface area contributed by atoms with Crippen molar-refractivity contribution in [3.63, 3.8) is 0 Å². The molecule has 2 N–H and O–H groups in total. The number of hydrogen-bond acceptors (Lipinski definition) is 5. The van der Waals surface area contributed by atoms with Crippen LogP contribution in [0.25, 0.3) is 22.2 Å². The average molecular weight is 395 g/mol. The van der Waals surface area contributed by atoms with Gasteiger partial charge in [-0.1, -0.05) is 6.07 Å². The maximum absolute atomic E-state index is 9.19. The quantitative estimate of drug-likeness (QED) is 0.508. The first-order chi connectivity index (χ1) is 14.7. The van der Waals surface area contributed by atoms with Crippen LogP contribution in [0.5, 0.6) is 5.88 Å². The molecule has 148 valence electrons. The van der Waals surface area contributed by atoms with Gasteiger partial charge in [-0.3, -0.25) is 5.10 Å². The molecule has 0 spiro atoms. The maximum Gasteiger partial charge on any atom is 0.213 e. The first kappa shape index (κ1) is 18.2. The molecule has 2 heterocycles. The third kappa shape index (κ3) is 3.25. The number of rotatable bonds is 4. The second-order valence-electron chi connectivity index (χ2n) is 7.53. The summed E-state index contributed by atoms with van der Waals surface area (Å²) in [6.07, 6.45) is 4.93. The summed E-state index contributed by atoms with van der Waals surface area (Å²) in [5, 5.41) is 21.6. The molecule has 6 heteroatoms. The van der Waals surface area contributed by atoms with Gasteiger partial charge in [0.15, 0.2) is 0 Å². The van der Waals surface area contributed by atoms with Crippen molar-refractivity contribution in [1.82, 2.24) is 15.2 Å². The summed E-state index contributed by atoms with van der Waals surface area (Å²) in [6.45, 7) is 0. The number of nitrogens with zero attached hydrogens (tertiary/aromatic N) is 3. The molecular weight excluding hydrogens is 374 g/mol. The summed E-state index contributed by atoms with van der Waals surface area (Å²) in [7, 11) is 1.61. The summed E-state index contributed by atoms with van der Waals surface area (Å²) in [4.78, 5) is 4.18. The van der Waals surface area contributed by atoms with Crippen LogP contribution in [0.4, 0.5) is 5.69 Å². The van der Waals surface area contributed by atoms with Crippen molar-refractivity contribution in [2.45, 2.75) is 25.3 Å². The standard InChI is InChI=1S/C24H21N5O/c1-30-23-12-17(9-10-26-23)24-20-13-18(6-8-22(20)28-29-24)27-21-4-2-3-16-11-15(14-25)5-7-19(16)21/h5-13,21,27H,2-4H2,1H3,(H,28,29)/t21-/m1/s1. The predicted octanol–water partition coefficient (Wildman–Crippen LogP) is 4.99. The molecule has 1 aliphatic rings. The number of benzene rings is 2. The van der Waals surface area contributed by atoms with Gasteiger partial charge >= 0.3 is 0 Å². The van der Waals surface area contributed by atoms with E-state index >= 15 is 0 Å². The van der Waals surface area contributed by atoms with E-state index in [0.29, 0.717) is 5.88 Å². The summed E-state index contributed by atoms with van der Waals surface area (Å²) in [5.74, 6) is 0.563. The zero-order valence-corrected chi connectivity index (χ0v) is 16.6. The van der Waals surface area contributed by atoms with Crippen molar-refractivity contribution >= 4 is 16.6 Å². The van der Waals surface area contributed by atoms with Gasteiger partial charge < -0.3 is 10.1 Å². The number of aromatic amines is 1. The molecule has 0 unspecified atom stereocenters. The highest BCUT2D eigenvalue weighted by Gasteiger charge is 2.21. The van der Waals surface area contributed by atoms with E-state index in [1.165, 1.54) is 11.1 Å². The van der Waals surface area contributed by atoms with E-state index in [-0.39, 0.29) is 6.04 Å². The smallest absolute Gasteiger partial charge is 0.213 e. The van der Waals surface area contributed by atoms with Crippen LogP contribution in [0.3, 0.4) is 0 Å². The van der Waals surface area contributed by atoms with E-state index in [1.54, 1.807) is 13.3 Å². The predicted molar refractivity (Wildman–Crippen MR) is 116 cm³/mol. The molecule has 30 heavy (non-hydrogen) atoms. The molecular formula is C24H21N5O. The van der Waals surface area contributed by atoms with Gasteiger partial charge in [0, 0.05) is 28.9 Å². The van der Waals surface area contributed by atoms with Gasteiger partial charge in [-0.05, 0) is 66.8 Å². The summed E-state index contributed by atoms with van der Waals surface area (Å²) in [6, 6.07) is 18.6. The highest BCUT2D eigenvalue weighted by atomic mass is 16.5. The number of aryl methyl sites for hydroxylation is 1. The molecule has 5 rings (SSSR count). The molecule has 0 amide bonds. The minimum atomic E-state index is 0.232. The second-order valence-corrected chi connectivity index (χ2v) is 7.53. The molecule has 0 saturated carbocycles. The minimum absolute atomic E-state index is 0.232. The van der Waals surface area contributed by atoms with Crippen LogP contribution in [0.2, 0.25) is 0 Å². The van der Waals surface area contributed by atoms with Crippen molar-refractivity contribution in [2.75, 3.05) is 12.4 Å². The fourth-order valence-corrected chi connectivity index (χ4v) is 4.23. The van der Waals surface area contributed by atoms with Crippen LogP contribution in [0, 0.1) is 11.3 Å². The monoisotopic (exact) mass is 395 g/mol.